The van der Waals surface area contributed by atoms with Crippen molar-refractivity contribution in [2.75, 3.05) is 6.54 Å². The predicted molar refractivity (Wildman–Crippen MR) is 71.6 cm³/mol. The Balaban J connectivity index is 4.61. The number of carboxylic acids is 1. The van der Waals surface area contributed by atoms with E-state index in [1.165, 1.54) is 18.7 Å². The van der Waals surface area contributed by atoms with E-state index >= 15 is 0 Å². The molecule has 0 spiro atoms. The summed E-state index contributed by atoms with van der Waals surface area (Å²) in [4.78, 5) is 35.9. The molecule has 0 aromatic rings. The molecule has 0 aromatic carbocycles. The van der Waals surface area contributed by atoms with Crippen molar-refractivity contribution >= 4 is 17.9 Å². The molecule has 0 unspecified atom stereocenters. The van der Waals surface area contributed by atoms with Crippen molar-refractivity contribution < 1.29 is 19.5 Å². The van der Waals surface area contributed by atoms with Crippen molar-refractivity contribution in [1.82, 2.24) is 10.2 Å². The van der Waals surface area contributed by atoms with Crippen LogP contribution in [0.3, 0.4) is 0 Å². The number of urea groups is 1. The third-order valence-corrected chi connectivity index (χ3v) is 2.78. The molecular formula is C13H21N3O4. The van der Waals surface area contributed by atoms with E-state index in [0.717, 1.165) is 0 Å². The zero-order valence-electron chi connectivity index (χ0n) is 12.3. The van der Waals surface area contributed by atoms with Crippen molar-refractivity contribution in [2.45, 2.75) is 46.6 Å². The highest BCUT2D eigenvalue weighted by molar-refractivity contribution is 5.96. The summed E-state index contributed by atoms with van der Waals surface area (Å²) in [7, 11) is 0. The highest BCUT2D eigenvalue weighted by Crippen LogP contribution is 2.20. The molecule has 7 nitrogen and oxygen atoms in total. The lowest BCUT2D eigenvalue weighted by Gasteiger charge is -2.26. The van der Waals surface area contributed by atoms with Crippen molar-refractivity contribution in [2.24, 2.45) is 5.41 Å². The van der Waals surface area contributed by atoms with Gasteiger partial charge in [0.1, 0.15) is 0 Å². The molecule has 0 atom stereocenters. The van der Waals surface area contributed by atoms with Gasteiger partial charge in [-0.2, -0.15) is 5.26 Å². The van der Waals surface area contributed by atoms with Crippen LogP contribution in [0.15, 0.2) is 0 Å². The summed E-state index contributed by atoms with van der Waals surface area (Å²) in [6, 6.07) is 1.16. The van der Waals surface area contributed by atoms with E-state index in [0.29, 0.717) is 0 Å². The Morgan fingerprint density at radius 3 is 2.30 bits per heavy atom. The maximum Gasteiger partial charge on any atom is 0.324 e. The summed E-state index contributed by atoms with van der Waals surface area (Å²) in [5.41, 5.74) is -1.24. The third-order valence-electron chi connectivity index (χ3n) is 2.78. The average molecular weight is 283 g/mol. The number of hydrogen-bond donors (Lipinski definition) is 2. The van der Waals surface area contributed by atoms with Crippen molar-refractivity contribution in [3.05, 3.63) is 0 Å². The smallest absolute Gasteiger partial charge is 0.324 e. The first-order valence-corrected chi connectivity index (χ1v) is 6.32. The van der Waals surface area contributed by atoms with E-state index < -0.39 is 23.3 Å². The fourth-order valence-corrected chi connectivity index (χ4v) is 1.48. The van der Waals surface area contributed by atoms with Crippen LogP contribution >= 0.6 is 0 Å². The molecule has 0 saturated heterocycles. The number of carboxylic acid groups (broad SMARTS) is 1. The Morgan fingerprint density at radius 2 is 1.90 bits per heavy atom. The lowest BCUT2D eigenvalue weighted by Crippen LogP contribution is -2.47. The minimum absolute atomic E-state index is 0.163. The molecule has 0 fully saturated rings. The van der Waals surface area contributed by atoms with E-state index in [-0.39, 0.29) is 25.4 Å². The zero-order valence-corrected chi connectivity index (χ0v) is 12.3. The first kappa shape index (κ1) is 17.9. The van der Waals surface area contributed by atoms with Crippen LogP contribution in [-0.4, -0.2) is 40.5 Å². The van der Waals surface area contributed by atoms with Gasteiger partial charge in [0.25, 0.3) is 0 Å². The number of carbonyl (C=O) groups excluding carboxylic acids is 2. The number of amides is 3. The lowest BCUT2D eigenvalue weighted by molar-refractivity contribution is -0.149. The summed E-state index contributed by atoms with van der Waals surface area (Å²) >= 11 is 0. The highest BCUT2D eigenvalue weighted by Gasteiger charge is 2.31. The van der Waals surface area contributed by atoms with E-state index in [1.807, 2.05) is 6.07 Å². The summed E-state index contributed by atoms with van der Waals surface area (Å²) in [6.07, 6.45) is -0.126. The molecule has 7 heteroatoms. The van der Waals surface area contributed by atoms with Crippen LogP contribution in [-0.2, 0) is 9.59 Å². The molecule has 0 rings (SSSR count). The molecule has 0 radical (unpaired) electrons. The van der Waals surface area contributed by atoms with Gasteiger partial charge < -0.3 is 10.0 Å². The Kier molecular flexibility index (Phi) is 6.69. The molecule has 0 bridgehead atoms. The summed E-state index contributed by atoms with van der Waals surface area (Å²) in [5, 5.41) is 19.6. The predicted octanol–water partition coefficient (Wildman–Crippen LogP) is 1.35. The van der Waals surface area contributed by atoms with E-state index in [9.17, 15) is 14.4 Å². The molecule has 0 saturated carbocycles. The zero-order chi connectivity index (χ0) is 15.9. The number of aliphatic carboxylic acids is 1. The minimum atomic E-state index is -1.24. The lowest BCUT2D eigenvalue weighted by atomic mass is 9.89. The Morgan fingerprint density at radius 1 is 1.35 bits per heavy atom. The van der Waals surface area contributed by atoms with Crippen LogP contribution in [0.1, 0.15) is 40.5 Å². The number of nitrogens with zero attached hydrogens (tertiary/aromatic N) is 2. The molecule has 2 N–H and O–H groups in total. The normalized spacial score (nSPS) is 10.8. The number of nitriles is 1. The average Bonchev–Trinajstić information content (AvgIpc) is 2.27. The standard InChI is InChI=1S/C13H21N3O4/c1-9(2)16(7-5-6-14)12(20)15-10(17)8-13(3,4)11(18)19/h9H,5,7-8H2,1-4H3,(H,18,19)(H,15,17,20). The van der Waals surface area contributed by atoms with Gasteiger partial charge in [0.05, 0.1) is 17.9 Å². The summed E-state index contributed by atoms with van der Waals surface area (Å²) in [5.74, 6) is -1.75. The number of nitrogens with one attached hydrogen (secondary N) is 1. The van der Waals surface area contributed by atoms with Crippen LogP contribution in [0.25, 0.3) is 0 Å². The first-order valence-electron chi connectivity index (χ1n) is 6.32. The number of carbonyl (C=O) groups is 3. The molecule has 0 aliphatic heterocycles. The Labute approximate surface area is 118 Å². The van der Waals surface area contributed by atoms with Gasteiger partial charge in [-0.05, 0) is 27.7 Å². The first-order chi connectivity index (χ1) is 9.11. The van der Waals surface area contributed by atoms with Gasteiger partial charge >= 0.3 is 12.0 Å². The molecule has 20 heavy (non-hydrogen) atoms. The van der Waals surface area contributed by atoms with Crippen molar-refractivity contribution in [3.63, 3.8) is 0 Å². The van der Waals surface area contributed by atoms with Crippen LogP contribution in [0.4, 0.5) is 4.79 Å². The number of hydrogen-bond acceptors (Lipinski definition) is 4. The van der Waals surface area contributed by atoms with Crippen molar-refractivity contribution in [1.29, 1.82) is 5.26 Å². The van der Waals surface area contributed by atoms with E-state index in [2.05, 4.69) is 5.32 Å². The fraction of sp³-hybridized carbons (Fsp3) is 0.692. The summed E-state index contributed by atoms with van der Waals surface area (Å²) in [6.45, 7) is 6.57. The molecule has 0 heterocycles. The monoisotopic (exact) mass is 283 g/mol. The second kappa shape index (κ2) is 7.48. The van der Waals surface area contributed by atoms with Gasteiger partial charge in [-0.3, -0.25) is 14.9 Å². The highest BCUT2D eigenvalue weighted by atomic mass is 16.4. The molecule has 0 aliphatic carbocycles. The van der Waals surface area contributed by atoms with Crippen LogP contribution in [0.5, 0.6) is 0 Å². The number of rotatable bonds is 6. The maximum absolute atomic E-state index is 11.9. The Hall–Kier alpha value is -2.10. The van der Waals surface area contributed by atoms with Crippen molar-refractivity contribution in [3.8, 4) is 6.07 Å². The topological polar surface area (TPSA) is 111 Å². The largest absolute Gasteiger partial charge is 0.481 e. The van der Waals surface area contributed by atoms with Gasteiger partial charge in [0, 0.05) is 19.0 Å². The quantitative estimate of drug-likeness (QED) is 0.764. The Bertz CT molecular complexity index is 424. The van der Waals surface area contributed by atoms with Gasteiger partial charge in [-0.25, -0.2) is 4.79 Å². The second-order valence-electron chi connectivity index (χ2n) is 5.41. The van der Waals surface area contributed by atoms with Gasteiger partial charge in [0.15, 0.2) is 0 Å². The van der Waals surface area contributed by atoms with E-state index in [1.54, 1.807) is 13.8 Å². The SMILES string of the molecule is CC(C)N(CCC#N)C(=O)NC(=O)CC(C)(C)C(=O)O. The van der Waals surface area contributed by atoms with Crippen LogP contribution in [0, 0.1) is 16.7 Å². The van der Waals surface area contributed by atoms with E-state index in [4.69, 9.17) is 10.4 Å². The molecule has 0 aromatic heterocycles. The third kappa shape index (κ3) is 5.69. The van der Waals surface area contributed by atoms with Crippen LogP contribution < -0.4 is 5.32 Å². The van der Waals surface area contributed by atoms with Gasteiger partial charge in [-0.15, -0.1) is 0 Å². The minimum Gasteiger partial charge on any atom is -0.481 e. The molecule has 3 amide bonds. The molecular weight excluding hydrogens is 262 g/mol. The van der Waals surface area contributed by atoms with Gasteiger partial charge in [-0.1, -0.05) is 0 Å². The van der Waals surface area contributed by atoms with Gasteiger partial charge in [0.2, 0.25) is 5.91 Å². The molecule has 0 aliphatic rings. The second-order valence-corrected chi connectivity index (χ2v) is 5.41. The summed E-state index contributed by atoms with van der Waals surface area (Å²) < 4.78 is 0. The fourth-order valence-electron chi connectivity index (χ4n) is 1.48. The van der Waals surface area contributed by atoms with Crippen LogP contribution in [0.2, 0.25) is 0 Å². The maximum atomic E-state index is 11.9. The number of imide groups is 1. The molecule has 112 valence electrons.